The minimum absolute atomic E-state index is 0.0914. The highest BCUT2D eigenvalue weighted by atomic mass is 35.5. The molecule has 0 fully saturated rings. The van der Waals surface area contributed by atoms with Crippen molar-refractivity contribution < 1.29 is 0 Å². The van der Waals surface area contributed by atoms with E-state index in [9.17, 15) is 0 Å². The molecule has 106 valence electrons. The van der Waals surface area contributed by atoms with Gasteiger partial charge in [0.2, 0.25) is 0 Å². The minimum atomic E-state index is 0.0914. The first-order valence-electron chi connectivity index (χ1n) is 6.81. The van der Waals surface area contributed by atoms with Gasteiger partial charge in [-0.1, -0.05) is 41.4 Å². The van der Waals surface area contributed by atoms with Crippen molar-refractivity contribution in [2.45, 2.75) is 26.8 Å². The average Bonchev–Trinajstić information content (AvgIpc) is 2.43. The first-order valence-corrected chi connectivity index (χ1v) is 7.19. The number of nitrogens with one attached hydrogen (secondary N) is 1. The predicted octanol–water partition coefficient (Wildman–Crippen LogP) is 4.38. The van der Waals surface area contributed by atoms with Crippen molar-refractivity contribution in [2.24, 2.45) is 5.73 Å². The Balaban J connectivity index is 2.28. The zero-order valence-corrected chi connectivity index (χ0v) is 13.0. The maximum absolute atomic E-state index is 6.17. The van der Waals surface area contributed by atoms with E-state index in [1.54, 1.807) is 0 Å². The Kier molecular flexibility index (Phi) is 4.69. The van der Waals surface area contributed by atoms with Crippen molar-refractivity contribution in [3.8, 4) is 0 Å². The third-order valence-electron chi connectivity index (χ3n) is 3.56. The van der Waals surface area contributed by atoms with Gasteiger partial charge in [0.05, 0.1) is 6.04 Å². The van der Waals surface area contributed by atoms with Gasteiger partial charge in [0.15, 0.2) is 0 Å². The number of hydrogen-bond donors (Lipinski definition) is 2. The molecule has 0 aromatic heterocycles. The molecule has 0 aliphatic heterocycles. The quantitative estimate of drug-likeness (QED) is 0.876. The van der Waals surface area contributed by atoms with E-state index in [4.69, 9.17) is 17.3 Å². The molecule has 3 N–H and O–H groups in total. The molecule has 0 heterocycles. The largest absolute Gasteiger partial charge is 0.377 e. The van der Waals surface area contributed by atoms with Crippen LogP contribution in [0.25, 0.3) is 0 Å². The Bertz CT molecular complexity index is 608. The summed E-state index contributed by atoms with van der Waals surface area (Å²) in [4.78, 5) is 0. The number of benzene rings is 2. The van der Waals surface area contributed by atoms with Crippen molar-refractivity contribution >= 4 is 17.3 Å². The van der Waals surface area contributed by atoms with Crippen molar-refractivity contribution in [3.05, 3.63) is 63.7 Å². The highest BCUT2D eigenvalue weighted by molar-refractivity contribution is 6.31. The summed E-state index contributed by atoms with van der Waals surface area (Å²) in [5.74, 6) is 0. The molecular formula is C17H21ClN2. The fourth-order valence-corrected chi connectivity index (χ4v) is 2.46. The first-order chi connectivity index (χ1) is 9.51. The van der Waals surface area contributed by atoms with E-state index in [0.717, 1.165) is 16.3 Å². The van der Waals surface area contributed by atoms with Crippen LogP contribution < -0.4 is 11.1 Å². The Morgan fingerprint density at radius 1 is 1.05 bits per heavy atom. The molecule has 2 rings (SSSR count). The summed E-state index contributed by atoms with van der Waals surface area (Å²) in [6.07, 6.45) is 0. The van der Waals surface area contributed by atoms with Gasteiger partial charge in [-0.05, 0) is 49.6 Å². The molecular weight excluding hydrogens is 268 g/mol. The van der Waals surface area contributed by atoms with Crippen LogP contribution in [0.5, 0.6) is 0 Å². The van der Waals surface area contributed by atoms with Crippen LogP contribution in [0.4, 0.5) is 5.69 Å². The van der Waals surface area contributed by atoms with Crippen LogP contribution in [0.3, 0.4) is 0 Å². The summed E-state index contributed by atoms with van der Waals surface area (Å²) in [5.41, 5.74) is 11.7. The molecule has 2 nitrogen and oxygen atoms in total. The molecule has 0 aliphatic carbocycles. The number of rotatable bonds is 4. The monoisotopic (exact) mass is 288 g/mol. The van der Waals surface area contributed by atoms with E-state index >= 15 is 0 Å². The van der Waals surface area contributed by atoms with Crippen LogP contribution in [0.15, 0.2) is 36.4 Å². The summed E-state index contributed by atoms with van der Waals surface area (Å²) in [6, 6.07) is 12.5. The highest BCUT2D eigenvalue weighted by Crippen LogP contribution is 2.26. The maximum atomic E-state index is 6.17. The molecule has 3 heteroatoms. The van der Waals surface area contributed by atoms with E-state index in [1.165, 1.54) is 16.7 Å². The van der Waals surface area contributed by atoms with Crippen LogP contribution in [0.1, 0.15) is 28.3 Å². The molecule has 2 aromatic carbocycles. The molecule has 0 aliphatic rings. The number of nitrogens with two attached hydrogens (primary N) is 1. The van der Waals surface area contributed by atoms with Gasteiger partial charge in [-0.25, -0.2) is 0 Å². The van der Waals surface area contributed by atoms with E-state index in [-0.39, 0.29) is 6.04 Å². The normalized spacial score (nSPS) is 12.2. The topological polar surface area (TPSA) is 38.0 Å². The molecule has 0 spiro atoms. The number of hydrogen-bond acceptors (Lipinski definition) is 2. The van der Waals surface area contributed by atoms with Crippen molar-refractivity contribution in [1.82, 2.24) is 0 Å². The van der Waals surface area contributed by atoms with Gasteiger partial charge in [0, 0.05) is 17.3 Å². The van der Waals surface area contributed by atoms with E-state index in [1.807, 2.05) is 25.1 Å². The third-order valence-corrected chi connectivity index (χ3v) is 3.97. The van der Waals surface area contributed by atoms with Crippen LogP contribution in [-0.2, 0) is 0 Å². The first kappa shape index (κ1) is 14.9. The zero-order valence-electron chi connectivity index (χ0n) is 12.2. The second-order valence-corrected chi connectivity index (χ2v) is 5.66. The van der Waals surface area contributed by atoms with Gasteiger partial charge < -0.3 is 11.1 Å². The van der Waals surface area contributed by atoms with Crippen LogP contribution in [0, 0.1) is 20.8 Å². The number of halogens is 1. The van der Waals surface area contributed by atoms with Gasteiger partial charge in [0.25, 0.3) is 0 Å². The third kappa shape index (κ3) is 3.33. The Morgan fingerprint density at radius 3 is 2.40 bits per heavy atom. The van der Waals surface area contributed by atoms with Crippen molar-refractivity contribution in [1.29, 1.82) is 0 Å². The molecule has 0 amide bonds. The molecule has 0 saturated heterocycles. The van der Waals surface area contributed by atoms with Gasteiger partial charge >= 0.3 is 0 Å². The second-order valence-electron chi connectivity index (χ2n) is 5.26. The SMILES string of the molecule is Cc1ccc(C)c(C(CN)Nc2ccc(C)c(Cl)c2)c1. The molecule has 0 radical (unpaired) electrons. The minimum Gasteiger partial charge on any atom is -0.377 e. The summed E-state index contributed by atoms with van der Waals surface area (Å²) in [6.45, 7) is 6.74. The van der Waals surface area contributed by atoms with Crippen molar-refractivity contribution in [2.75, 3.05) is 11.9 Å². The molecule has 0 saturated carbocycles. The van der Waals surface area contributed by atoms with E-state index in [2.05, 4.69) is 37.4 Å². The summed E-state index contributed by atoms with van der Waals surface area (Å²) in [7, 11) is 0. The summed E-state index contributed by atoms with van der Waals surface area (Å²) >= 11 is 6.17. The van der Waals surface area contributed by atoms with Gasteiger partial charge in [-0.2, -0.15) is 0 Å². The molecule has 2 aromatic rings. The zero-order chi connectivity index (χ0) is 14.7. The lowest BCUT2D eigenvalue weighted by Gasteiger charge is -2.21. The summed E-state index contributed by atoms with van der Waals surface area (Å²) in [5, 5.41) is 4.24. The van der Waals surface area contributed by atoms with Crippen molar-refractivity contribution in [3.63, 3.8) is 0 Å². The molecule has 1 atom stereocenters. The highest BCUT2D eigenvalue weighted by Gasteiger charge is 2.12. The van der Waals surface area contributed by atoms with Gasteiger partial charge in [-0.15, -0.1) is 0 Å². The van der Waals surface area contributed by atoms with Crippen LogP contribution in [-0.4, -0.2) is 6.54 Å². The van der Waals surface area contributed by atoms with E-state index < -0.39 is 0 Å². The lowest BCUT2D eigenvalue weighted by Crippen LogP contribution is -2.21. The van der Waals surface area contributed by atoms with E-state index in [0.29, 0.717) is 6.54 Å². The lowest BCUT2D eigenvalue weighted by molar-refractivity contribution is 0.782. The van der Waals surface area contributed by atoms with Crippen LogP contribution in [0.2, 0.25) is 5.02 Å². The maximum Gasteiger partial charge on any atom is 0.0638 e. The fourth-order valence-electron chi connectivity index (χ4n) is 2.28. The smallest absolute Gasteiger partial charge is 0.0638 e. The second kappa shape index (κ2) is 6.29. The number of anilines is 1. The Hall–Kier alpha value is -1.51. The molecule has 20 heavy (non-hydrogen) atoms. The standard InChI is InChI=1S/C17H21ClN2/c1-11-4-5-12(2)15(8-11)17(10-19)20-14-7-6-13(3)16(18)9-14/h4-9,17,20H,10,19H2,1-3H3. The average molecular weight is 289 g/mol. The van der Waals surface area contributed by atoms with Gasteiger partial charge in [0.1, 0.15) is 0 Å². The molecule has 1 unspecified atom stereocenters. The molecule has 0 bridgehead atoms. The fraction of sp³-hybridized carbons (Fsp3) is 0.294. The number of aryl methyl sites for hydroxylation is 3. The Morgan fingerprint density at radius 2 is 1.75 bits per heavy atom. The lowest BCUT2D eigenvalue weighted by atomic mass is 9.98. The Labute approximate surface area is 126 Å². The predicted molar refractivity (Wildman–Crippen MR) is 87.5 cm³/mol. The summed E-state index contributed by atoms with van der Waals surface area (Å²) < 4.78 is 0. The van der Waals surface area contributed by atoms with Crippen LogP contribution >= 0.6 is 11.6 Å². The van der Waals surface area contributed by atoms with Gasteiger partial charge in [-0.3, -0.25) is 0 Å².